The van der Waals surface area contributed by atoms with E-state index in [0.29, 0.717) is 6.54 Å². The molecule has 1 aromatic carbocycles. The van der Waals surface area contributed by atoms with Crippen LogP contribution in [0.15, 0.2) is 36.5 Å². The summed E-state index contributed by atoms with van der Waals surface area (Å²) >= 11 is 1.45. The summed E-state index contributed by atoms with van der Waals surface area (Å²) in [6, 6.07) is 10.1. The van der Waals surface area contributed by atoms with Gasteiger partial charge >= 0.3 is 0 Å². The van der Waals surface area contributed by atoms with E-state index in [2.05, 4.69) is 29.3 Å². The molecule has 1 amide bonds. The van der Waals surface area contributed by atoms with Crippen LogP contribution in [0.3, 0.4) is 0 Å². The van der Waals surface area contributed by atoms with Gasteiger partial charge in [0.05, 0.1) is 5.69 Å². The van der Waals surface area contributed by atoms with Gasteiger partial charge in [-0.2, -0.15) is 0 Å². The molecule has 0 unspecified atom stereocenters. The first kappa shape index (κ1) is 17.6. The Hall–Kier alpha value is -2.18. The normalized spacial score (nSPS) is 11.4. The molecule has 3 rings (SSSR count). The van der Waals surface area contributed by atoms with Gasteiger partial charge < -0.3 is 10.2 Å². The fraction of sp³-hybridized carbons (Fsp3) is 0.368. The molecule has 0 fully saturated rings. The molecule has 6 heteroatoms. The Labute approximate surface area is 152 Å². The van der Waals surface area contributed by atoms with Crippen molar-refractivity contribution in [1.29, 1.82) is 0 Å². The molecule has 0 aliphatic rings. The lowest BCUT2D eigenvalue weighted by atomic mass is 10.2. The first-order valence-electron chi connectivity index (χ1n) is 8.53. The number of hydrogen-bond acceptors (Lipinski definition) is 4. The van der Waals surface area contributed by atoms with Crippen LogP contribution in [0, 0.1) is 6.92 Å². The first-order chi connectivity index (χ1) is 12.1. The van der Waals surface area contributed by atoms with Crippen molar-refractivity contribution in [1.82, 2.24) is 19.6 Å². The van der Waals surface area contributed by atoms with Gasteiger partial charge in [-0.25, -0.2) is 4.98 Å². The lowest BCUT2D eigenvalue weighted by Crippen LogP contribution is -2.25. The monoisotopic (exact) mass is 356 g/mol. The highest BCUT2D eigenvalue weighted by Crippen LogP contribution is 2.26. The molecule has 132 valence electrons. The van der Waals surface area contributed by atoms with E-state index < -0.39 is 0 Å². The third-order valence-corrected chi connectivity index (χ3v) is 5.31. The van der Waals surface area contributed by atoms with Crippen LogP contribution in [0.2, 0.25) is 0 Å². The van der Waals surface area contributed by atoms with Crippen molar-refractivity contribution < 1.29 is 4.79 Å². The molecular formula is C19H24N4OS. The van der Waals surface area contributed by atoms with Gasteiger partial charge in [-0.15, -0.1) is 0 Å². The summed E-state index contributed by atoms with van der Waals surface area (Å²) in [5, 5.41) is 3.02. The van der Waals surface area contributed by atoms with E-state index >= 15 is 0 Å². The Kier molecular flexibility index (Phi) is 5.50. The number of imidazole rings is 1. The highest BCUT2D eigenvalue weighted by atomic mass is 32.1. The summed E-state index contributed by atoms with van der Waals surface area (Å²) in [4.78, 5) is 20.9. The highest BCUT2D eigenvalue weighted by Gasteiger charge is 2.17. The fourth-order valence-corrected chi connectivity index (χ4v) is 3.77. The number of benzene rings is 1. The van der Waals surface area contributed by atoms with E-state index in [9.17, 15) is 4.79 Å². The van der Waals surface area contributed by atoms with Crippen LogP contribution < -0.4 is 5.32 Å². The Bertz CT molecular complexity index is 851. The van der Waals surface area contributed by atoms with Crippen LogP contribution in [0.1, 0.15) is 28.2 Å². The number of aromatic nitrogens is 2. The Balaban J connectivity index is 1.67. The number of rotatable bonds is 7. The Morgan fingerprint density at radius 1 is 1.24 bits per heavy atom. The summed E-state index contributed by atoms with van der Waals surface area (Å²) in [6.45, 7) is 3.73. The van der Waals surface area contributed by atoms with E-state index in [0.717, 1.165) is 46.2 Å². The van der Waals surface area contributed by atoms with E-state index in [1.165, 1.54) is 11.3 Å². The minimum absolute atomic E-state index is 0.000820. The minimum atomic E-state index is -0.000820. The number of nitrogens with zero attached hydrogens (tertiary/aromatic N) is 3. The van der Waals surface area contributed by atoms with Crippen LogP contribution in [-0.2, 0) is 0 Å². The van der Waals surface area contributed by atoms with Gasteiger partial charge in [-0.3, -0.25) is 9.20 Å². The van der Waals surface area contributed by atoms with E-state index in [1.807, 2.05) is 47.9 Å². The third kappa shape index (κ3) is 4.08. The second-order valence-corrected chi connectivity index (χ2v) is 7.41. The van der Waals surface area contributed by atoms with Crippen LogP contribution in [0.25, 0.3) is 16.2 Å². The lowest BCUT2D eigenvalue weighted by Gasteiger charge is -2.09. The topological polar surface area (TPSA) is 49.6 Å². The van der Waals surface area contributed by atoms with Crippen molar-refractivity contribution in [2.45, 2.75) is 19.8 Å². The lowest BCUT2D eigenvalue weighted by molar-refractivity contribution is 0.0956. The van der Waals surface area contributed by atoms with Gasteiger partial charge in [0.25, 0.3) is 5.91 Å². The molecule has 0 bridgehead atoms. The number of fused-ring (bicyclic) bond motifs is 1. The van der Waals surface area contributed by atoms with E-state index in [-0.39, 0.29) is 5.91 Å². The molecule has 1 N–H and O–H groups in total. The molecule has 0 aliphatic heterocycles. The number of nitrogens with one attached hydrogen (secondary N) is 1. The molecule has 3 aromatic rings. The smallest absolute Gasteiger partial charge is 0.263 e. The van der Waals surface area contributed by atoms with Crippen LogP contribution in [0.4, 0.5) is 0 Å². The van der Waals surface area contributed by atoms with E-state index in [1.54, 1.807) is 0 Å². The molecule has 5 nitrogen and oxygen atoms in total. The van der Waals surface area contributed by atoms with Gasteiger partial charge in [-0.1, -0.05) is 41.7 Å². The molecular weight excluding hydrogens is 332 g/mol. The second-order valence-electron chi connectivity index (χ2n) is 6.43. The largest absolute Gasteiger partial charge is 0.351 e. The molecule has 2 aromatic heterocycles. The van der Waals surface area contributed by atoms with Crippen molar-refractivity contribution >= 4 is 22.2 Å². The molecule has 25 heavy (non-hydrogen) atoms. The average molecular weight is 356 g/mol. The van der Waals surface area contributed by atoms with Crippen LogP contribution in [-0.4, -0.2) is 47.4 Å². The third-order valence-electron chi connectivity index (χ3n) is 4.15. The summed E-state index contributed by atoms with van der Waals surface area (Å²) in [7, 11) is 4.13. The number of carbonyl (C=O) groups excluding carboxylic acids is 1. The molecule has 0 spiro atoms. The number of carbonyl (C=O) groups is 1. The predicted molar refractivity (Wildman–Crippen MR) is 103 cm³/mol. The van der Waals surface area contributed by atoms with Crippen molar-refractivity contribution in [3.8, 4) is 11.3 Å². The molecule has 2 heterocycles. The number of aryl methyl sites for hydroxylation is 1. The zero-order chi connectivity index (χ0) is 17.8. The molecule has 0 saturated heterocycles. The zero-order valence-corrected chi connectivity index (χ0v) is 15.8. The summed E-state index contributed by atoms with van der Waals surface area (Å²) in [6.07, 6.45) is 4.08. The minimum Gasteiger partial charge on any atom is -0.351 e. The maximum atomic E-state index is 12.4. The van der Waals surface area contributed by atoms with Crippen LogP contribution in [0.5, 0.6) is 0 Å². The van der Waals surface area contributed by atoms with Gasteiger partial charge in [0.2, 0.25) is 0 Å². The van der Waals surface area contributed by atoms with Crippen molar-refractivity contribution in [3.63, 3.8) is 0 Å². The number of hydrogen-bond donors (Lipinski definition) is 1. The van der Waals surface area contributed by atoms with Gasteiger partial charge in [0.1, 0.15) is 4.88 Å². The number of thiazole rings is 1. The quantitative estimate of drug-likeness (QED) is 0.660. The molecule has 0 saturated carbocycles. The summed E-state index contributed by atoms with van der Waals surface area (Å²) < 4.78 is 2.01. The maximum absolute atomic E-state index is 12.4. The van der Waals surface area contributed by atoms with E-state index in [4.69, 9.17) is 0 Å². The zero-order valence-electron chi connectivity index (χ0n) is 15.0. The fourth-order valence-electron chi connectivity index (χ4n) is 2.74. The van der Waals surface area contributed by atoms with Crippen molar-refractivity contribution in [2.24, 2.45) is 0 Å². The standard InChI is InChI=1S/C19H24N4OS/c1-14-17(18(24)20-11-7-8-12-22(2)3)25-19-21-16(13-23(14)19)15-9-5-4-6-10-15/h4-6,9-10,13H,7-8,11-12H2,1-3H3,(H,20,24). The van der Waals surface area contributed by atoms with Gasteiger partial charge in [0.15, 0.2) is 4.96 Å². The van der Waals surface area contributed by atoms with Gasteiger partial charge in [0, 0.05) is 24.0 Å². The molecule has 0 atom stereocenters. The maximum Gasteiger partial charge on any atom is 0.263 e. The average Bonchev–Trinajstić information content (AvgIpc) is 3.15. The first-order valence-corrected chi connectivity index (χ1v) is 9.35. The number of amides is 1. The molecule has 0 radical (unpaired) electrons. The SMILES string of the molecule is Cc1c(C(=O)NCCCCN(C)C)sc2nc(-c3ccccc3)cn12. The number of unbranched alkanes of at least 4 members (excludes halogenated alkanes) is 1. The molecule has 0 aliphatic carbocycles. The van der Waals surface area contributed by atoms with Crippen molar-refractivity contribution in [3.05, 3.63) is 47.1 Å². The van der Waals surface area contributed by atoms with Crippen molar-refractivity contribution in [2.75, 3.05) is 27.2 Å². The Morgan fingerprint density at radius 2 is 2.00 bits per heavy atom. The Morgan fingerprint density at radius 3 is 2.68 bits per heavy atom. The van der Waals surface area contributed by atoms with Gasteiger partial charge in [-0.05, 0) is 40.4 Å². The highest BCUT2D eigenvalue weighted by molar-refractivity contribution is 7.19. The van der Waals surface area contributed by atoms with Crippen LogP contribution >= 0.6 is 11.3 Å². The summed E-state index contributed by atoms with van der Waals surface area (Å²) in [5.41, 5.74) is 2.97. The summed E-state index contributed by atoms with van der Waals surface area (Å²) in [5.74, 6) is -0.000820. The predicted octanol–water partition coefficient (Wildman–Crippen LogP) is 3.44. The second kappa shape index (κ2) is 7.80.